The number of rotatable bonds is 36. The highest BCUT2D eigenvalue weighted by molar-refractivity contribution is 5.87. The van der Waals surface area contributed by atoms with Gasteiger partial charge in [0.05, 0.1) is 13.2 Å². The van der Waals surface area contributed by atoms with Crippen LogP contribution in [-0.2, 0) is 23.9 Å². The second-order valence-electron chi connectivity index (χ2n) is 13.7. The van der Waals surface area contributed by atoms with Gasteiger partial charge in [-0.25, -0.2) is 4.79 Å². The number of aliphatic hydroxyl groups is 1. The Balaban J connectivity index is 4.33. The number of amides is 2. The summed E-state index contributed by atoms with van der Waals surface area (Å²) < 4.78 is 5.90. The number of aliphatic hydroxyl groups excluding tert-OH is 1. The molecule has 0 aliphatic heterocycles. The molecule has 0 aliphatic carbocycles. The molecular weight excluding hydrogens is 632 g/mol. The maximum Gasteiger partial charge on any atom is 0.328 e. The van der Waals surface area contributed by atoms with Gasteiger partial charge >= 0.3 is 11.9 Å². The van der Waals surface area contributed by atoms with Crippen LogP contribution in [0, 0.1) is 0 Å². The second kappa shape index (κ2) is 36.1. The number of hydrogen-bond acceptors (Lipinski definition) is 6. The fourth-order valence-electron chi connectivity index (χ4n) is 5.74. The van der Waals surface area contributed by atoms with Crippen molar-refractivity contribution in [3.05, 3.63) is 24.3 Å². The lowest BCUT2D eigenvalue weighted by Gasteiger charge is -2.15. The number of carbonyl (C=O) groups is 4. The summed E-state index contributed by atoms with van der Waals surface area (Å²) in [6, 6.07) is -1.39. The largest absolute Gasteiger partial charge is 0.480 e. The SMILES string of the molecule is CCCCCCC/C=C\CCCCCCCC(=O)OC(/C=C\CCCCCCCCC)CCCCCCC(=O)NCC(=O)NC(CO)C(=O)O. The van der Waals surface area contributed by atoms with E-state index < -0.39 is 24.5 Å². The van der Waals surface area contributed by atoms with E-state index in [1.54, 1.807) is 0 Å². The molecule has 0 aromatic rings. The first-order valence-electron chi connectivity index (χ1n) is 20.2. The average Bonchev–Trinajstić information content (AvgIpc) is 3.10. The lowest BCUT2D eigenvalue weighted by Crippen LogP contribution is -2.47. The number of unbranched alkanes of at least 4 members (excludes halogenated alkanes) is 20. The molecular formula is C41H74N2O7. The molecule has 0 aromatic carbocycles. The zero-order chi connectivity index (χ0) is 36.9. The Morgan fingerprint density at radius 1 is 0.600 bits per heavy atom. The van der Waals surface area contributed by atoms with Gasteiger partial charge in [0.15, 0.2) is 0 Å². The van der Waals surface area contributed by atoms with E-state index in [0.29, 0.717) is 12.8 Å². The summed E-state index contributed by atoms with van der Waals surface area (Å²) in [6.07, 6.45) is 37.9. The highest BCUT2D eigenvalue weighted by Crippen LogP contribution is 2.15. The minimum absolute atomic E-state index is 0.119. The van der Waals surface area contributed by atoms with Gasteiger partial charge in [0.25, 0.3) is 0 Å². The summed E-state index contributed by atoms with van der Waals surface area (Å²) in [6.45, 7) is 3.43. The van der Waals surface area contributed by atoms with Crippen LogP contribution in [0.3, 0.4) is 0 Å². The van der Waals surface area contributed by atoms with E-state index in [1.165, 1.54) is 89.9 Å². The third kappa shape index (κ3) is 32.5. The molecule has 0 saturated heterocycles. The fraction of sp³-hybridized carbons (Fsp3) is 0.805. The Morgan fingerprint density at radius 2 is 1.08 bits per heavy atom. The third-order valence-electron chi connectivity index (χ3n) is 8.91. The van der Waals surface area contributed by atoms with Gasteiger partial charge in [0.1, 0.15) is 12.1 Å². The van der Waals surface area contributed by atoms with Crippen LogP contribution in [0.25, 0.3) is 0 Å². The zero-order valence-corrected chi connectivity index (χ0v) is 31.9. The minimum Gasteiger partial charge on any atom is -0.480 e. The number of carboxylic acid groups (broad SMARTS) is 1. The molecule has 0 aromatic heterocycles. The minimum atomic E-state index is -1.39. The highest BCUT2D eigenvalue weighted by atomic mass is 16.5. The Hall–Kier alpha value is -2.68. The van der Waals surface area contributed by atoms with Crippen LogP contribution in [0.4, 0.5) is 0 Å². The summed E-state index contributed by atoms with van der Waals surface area (Å²) in [4.78, 5) is 47.4. The van der Waals surface area contributed by atoms with E-state index in [-0.39, 0.29) is 30.9 Å². The van der Waals surface area contributed by atoms with Crippen LogP contribution in [0.2, 0.25) is 0 Å². The van der Waals surface area contributed by atoms with Crippen molar-refractivity contribution < 1.29 is 34.1 Å². The number of ether oxygens (including phenoxy) is 1. The van der Waals surface area contributed by atoms with Crippen LogP contribution in [-0.4, -0.2) is 59.3 Å². The maximum absolute atomic E-state index is 12.7. The summed E-state index contributed by atoms with van der Waals surface area (Å²) in [5.41, 5.74) is 0. The van der Waals surface area contributed by atoms with Gasteiger partial charge in [0, 0.05) is 12.8 Å². The lowest BCUT2D eigenvalue weighted by atomic mass is 10.1. The van der Waals surface area contributed by atoms with Crippen molar-refractivity contribution in [1.29, 1.82) is 0 Å². The van der Waals surface area contributed by atoms with Crippen molar-refractivity contribution in [2.45, 2.75) is 199 Å². The number of nitrogens with one attached hydrogen (secondary N) is 2. The lowest BCUT2D eigenvalue weighted by molar-refractivity contribution is -0.147. The summed E-state index contributed by atoms with van der Waals surface area (Å²) in [5.74, 6) is -2.40. The predicted molar refractivity (Wildman–Crippen MR) is 204 cm³/mol. The standard InChI is InChI=1S/C41H74N2O7/c1-3-5-7-9-11-13-14-15-16-17-19-21-23-29-33-40(47)50-36(30-26-22-20-18-12-10-8-6-4-2)31-27-24-25-28-32-38(45)42-34-39(46)43-37(35-44)41(48)49/h14-15,26,30,36-37,44H,3-13,16-25,27-29,31-35H2,1-2H3,(H,42,45)(H,43,46)(H,48,49)/b15-14-,30-26-. The molecule has 0 bridgehead atoms. The molecule has 0 rings (SSSR count). The Kier molecular flexibility index (Phi) is 34.2. The number of carbonyl (C=O) groups excluding carboxylic acids is 3. The monoisotopic (exact) mass is 707 g/mol. The molecule has 4 N–H and O–H groups in total. The van der Waals surface area contributed by atoms with Crippen molar-refractivity contribution in [2.75, 3.05) is 13.2 Å². The first-order chi connectivity index (χ1) is 24.3. The van der Waals surface area contributed by atoms with E-state index >= 15 is 0 Å². The number of carboxylic acids is 1. The maximum atomic E-state index is 12.7. The summed E-state index contributed by atoms with van der Waals surface area (Å²) in [7, 11) is 0. The van der Waals surface area contributed by atoms with Gasteiger partial charge in [-0.15, -0.1) is 0 Å². The van der Waals surface area contributed by atoms with Crippen LogP contribution in [0.5, 0.6) is 0 Å². The molecule has 9 nitrogen and oxygen atoms in total. The molecule has 9 heteroatoms. The van der Waals surface area contributed by atoms with E-state index in [1.807, 2.05) is 0 Å². The van der Waals surface area contributed by atoms with Crippen molar-refractivity contribution in [2.24, 2.45) is 0 Å². The molecule has 2 atom stereocenters. The first-order valence-corrected chi connectivity index (χ1v) is 20.2. The van der Waals surface area contributed by atoms with Crippen LogP contribution >= 0.6 is 0 Å². The fourth-order valence-corrected chi connectivity index (χ4v) is 5.74. The predicted octanol–water partition coefficient (Wildman–Crippen LogP) is 9.26. The third-order valence-corrected chi connectivity index (χ3v) is 8.91. The van der Waals surface area contributed by atoms with Gasteiger partial charge in [-0.05, 0) is 70.3 Å². The molecule has 0 heterocycles. The van der Waals surface area contributed by atoms with Crippen LogP contribution in [0.1, 0.15) is 187 Å². The normalized spacial score (nSPS) is 12.7. The molecule has 0 aliphatic rings. The van der Waals surface area contributed by atoms with Gasteiger partial charge in [0.2, 0.25) is 11.8 Å². The van der Waals surface area contributed by atoms with Crippen LogP contribution in [0.15, 0.2) is 24.3 Å². The topological polar surface area (TPSA) is 142 Å². The smallest absolute Gasteiger partial charge is 0.328 e. The van der Waals surface area contributed by atoms with Crippen molar-refractivity contribution in [1.82, 2.24) is 10.6 Å². The van der Waals surface area contributed by atoms with Gasteiger partial charge in [-0.3, -0.25) is 14.4 Å². The van der Waals surface area contributed by atoms with E-state index in [2.05, 4.69) is 48.8 Å². The van der Waals surface area contributed by atoms with E-state index in [0.717, 1.165) is 64.2 Å². The number of aliphatic carboxylic acids is 1. The number of allylic oxidation sites excluding steroid dienone is 3. The van der Waals surface area contributed by atoms with Crippen molar-refractivity contribution in [3.63, 3.8) is 0 Å². The molecule has 290 valence electrons. The molecule has 2 amide bonds. The Morgan fingerprint density at radius 3 is 1.62 bits per heavy atom. The van der Waals surface area contributed by atoms with Crippen molar-refractivity contribution >= 4 is 23.8 Å². The summed E-state index contributed by atoms with van der Waals surface area (Å²) >= 11 is 0. The zero-order valence-electron chi connectivity index (χ0n) is 31.9. The number of hydrogen-bond donors (Lipinski definition) is 4. The molecule has 2 unspecified atom stereocenters. The highest BCUT2D eigenvalue weighted by Gasteiger charge is 2.18. The van der Waals surface area contributed by atoms with Crippen molar-refractivity contribution in [3.8, 4) is 0 Å². The van der Waals surface area contributed by atoms with E-state index in [9.17, 15) is 19.2 Å². The van der Waals surface area contributed by atoms with Gasteiger partial charge < -0.3 is 25.6 Å². The molecule has 0 radical (unpaired) electrons. The first kappa shape index (κ1) is 47.3. The Bertz CT molecular complexity index is 905. The quantitative estimate of drug-likeness (QED) is 0.0289. The summed E-state index contributed by atoms with van der Waals surface area (Å²) in [5, 5.41) is 22.5. The van der Waals surface area contributed by atoms with Gasteiger partial charge in [-0.2, -0.15) is 0 Å². The molecule has 0 fully saturated rings. The van der Waals surface area contributed by atoms with Crippen LogP contribution < -0.4 is 10.6 Å². The van der Waals surface area contributed by atoms with Gasteiger partial charge in [-0.1, -0.05) is 128 Å². The molecule has 0 saturated carbocycles. The van der Waals surface area contributed by atoms with E-state index in [4.69, 9.17) is 14.9 Å². The second-order valence-corrected chi connectivity index (χ2v) is 13.7. The molecule has 0 spiro atoms. The molecule has 50 heavy (non-hydrogen) atoms. The Labute approximate surface area is 304 Å². The average molecular weight is 707 g/mol. The number of esters is 1.